The van der Waals surface area contributed by atoms with Crippen LogP contribution < -0.4 is 5.19 Å². The molecule has 1 saturated carbocycles. The number of hydrogen-bond donors (Lipinski definition) is 0. The quantitative estimate of drug-likeness (QED) is 0.577. The van der Waals surface area contributed by atoms with Crippen molar-refractivity contribution >= 4 is 12.6 Å². The molecule has 0 N–H and O–H groups in total. The van der Waals surface area contributed by atoms with Gasteiger partial charge in [-0.15, -0.1) is 0 Å². The first kappa shape index (κ1) is 21.3. The Hall–Kier alpha value is -0.409. The van der Waals surface area contributed by atoms with Crippen LogP contribution in [0, 0.1) is 0 Å². The summed E-state index contributed by atoms with van der Waals surface area (Å²) in [5, 5.41) is 1.68. The zero-order valence-corrected chi connectivity index (χ0v) is 21.1. The summed E-state index contributed by atoms with van der Waals surface area (Å²) >= 11 is -1.48. The van der Waals surface area contributed by atoms with Gasteiger partial charge in [-0.3, -0.25) is 0 Å². The molecular weight excluding hydrogens is 378 g/mol. The topological polar surface area (TPSA) is 3.24 Å². The number of rotatable bonds is 5. The summed E-state index contributed by atoms with van der Waals surface area (Å²) in [4.78, 5) is 0. The molecule has 3 heteroatoms. The van der Waals surface area contributed by atoms with Gasteiger partial charge in [-0.25, -0.2) is 0 Å². The first-order chi connectivity index (χ1) is 12.9. The third kappa shape index (κ3) is 4.78. The molecule has 3 rings (SSSR count). The Balaban J connectivity index is 1.92. The van der Waals surface area contributed by atoms with Crippen molar-refractivity contribution in [2.75, 3.05) is 7.05 Å². The molecule has 0 aliphatic heterocycles. The molecule has 0 saturated heterocycles. The normalized spacial score (nSPS) is 25.2. The first-order valence-electron chi connectivity index (χ1n) is 10.9. The second-order valence-corrected chi connectivity index (χ2v) is 18.7. The summed E-state index contributed by atoms with van der Waals surface area (Å²) in [7, 11) is 2.26. The molecule has 0 radical (unpaired) electrons. The Bertz CT molecular complexity index is 688. The van der Waals surface area contributed by atoms with Crippen LogP contribution in [0.3, 0.4) is 0 Å². The minimum absolute atomic E-state index is 0.259. The van der Waals surface area contributed by atoms with E-state index < -0.39 is 17.4 Å². The van der Waals surface area contributed by atoms with Crippen molar-refractivity contribution in [2.45, 2.75) is 82.4 Å². The van der Waals surface area contributed by atoms with E-state index in [1.165, 1.54) is 50.5 Å². The van der Waals surface area contributed by atoms with Gasteiger partial charge in [0.2, 0.25) is 0 Å². The Morgan fingerprint density at radius 1 is 0.963 bits per heavy atom. The van der Waals surface area contributed by atoms with Crippen LogP contribution in [0.5, 0.6) is 0 Å². The van der Waals surface area contributed by atoms with Crippen molar-refractivity contribution in [3.63, 3.8) is 0 Å². The van der Waals surface area contributed by atoms with Crippen LogP contribution in [0.2, 0.25) is 3.72 Å². The summed E-state index contributed by atoms with van der Waals surface area (Å²) in [6, 6.07) is 12.3. The standard InChI is InChI=1S/C9H18N.C9H13.C6H7Si.Ti/c1-10-9-7-5-3-2-4-6-8-9;1-6-5-7(2)9(4)8(6)3;7-6-4-2-1-3-5-6;/h9H,2-8H2,1H3;5H,1-4H3;1-5H,7H2;/q-1;;;+1. The van der Waals surface area contributed by atoms with Crippen molar-refractivity contribution < 1.29 is 17.4 Å². The van der Waals surface area contributed by atoms with Gasteiger partial charge in [0, 0.05) is 0 Å². The molecule has 0 aromatic heterocycles. The molecule has 0 amide bonds. The maximum absolute atomic E-state index is 3.00. The molecule has 1 nitrogen and oxygen atoms in total. The van der Waals surface area contributed by atoms with Gasteiger partial charge >= 0.3 is 176 Å². The van der Waals surface area contributed by atoms with Crippen molar-refractivity contribution in [1.29, 1.82) is 0 Å². The van der Waals surface area contributed by atoms with E-state index in [4.69, 9.17) is 0 Å². The zero-order chi connectivity index (χ0) is 19.4. The Morgan fingerprint density at radius 2 is 1.56 bits per heavy atom. The second kappa shape index (κ2) is 9.39. The van der Waals surface area contributed by atoms with Gasteiger partial charge in [0.25, 0.3) is 0 Å². The number of nitrogens with zero attached hydrogens (tertiary/aromatic N) is 1. The van der Waals surface area contributed by atoms with Gasteiger partial charge in [-0.2, -0.15) is 0 Å². The van der Waals surface area contributed by atoms with Crippen LogP contribution in [0.15, 0.2) is 53.1 Å². The molecule has 1 fully saturated rings. The average molecular weight is 417 g/mol. The number of benzene rings is 1. The molecule has 2 aliphatic carbocycles. The summed E-state index contributed by atoms with van der Waals surface area (Å²) in [5.74, 6) is 0. The number of hydrogen-bond acceptors (Lipinski definition) is 1. The van der Waals surface area contributed by atoms with E-state index in [0.29, 0.717) is 3.72 Å². The van der Waals surface area contributed by atoms with Crippen LogP contribution in [-0.2, 0) is 17.4 Å². The fraction of sp³-hybridized carbons (Fsp3) is 0.583. The van der Waals surface area contributed by atoms with E-state index in [0.717, 1.165) is 6.04 Å². The molecular formula is C24H38NSiTi. The van der Waals surface area contributed by atoms with Gasteiger partial charge in [-0.1, -0.05) is 0 Å². The van der Waals surface area contributed by atoms with Gasteiger partial charge in [0.15, 0.2) is 0 Å². The third-order valence-corrected chi connectivity index (χ3v) is 21.7. The molecule has 1 aromatic rings. The second-order valence-electron chi connectivity index (χ2n) is 9.00. The fourth-order valence-electron chi connectivity index (χ4n) is 5.14. The van der Waals surface area contributed by atoms with Crippen molar-refractivity contribution in [3.8, 4) is 0 Å². The van der Waals surface area contributed by atoms with E-state index in [1.54, 1.807) is 16.3 Å². The van der Waals surface area contributed by atoms with Crippen LogP contribution >= 0.6 is 0 Å². The third-order valence-electron chi connectivity index (χ3n) is 7.30. The zero-order valence-electron chi connectivity index (χ0n) is 18.1. The van der Waals surface area contributed by atoms with E-state index in [2.05, 4.69) is 74.5 Å². The van der Waals surface area contributed by atoms with E-state index in [9.17, 15) is 0 Å². The first-order valence-corrected chi connectivity index (χ1v) is 17.1. The van der Waals surface area contributed by atoms with Crippen LogP contribution in [0.1, 0.15) is 72.6 Å². The van der Waals surface area contributed by atoms with Crippen molar-refractivity contribution in [1.82, 2.24) is 3.38 Å². The molecule has 147 valence electrons. The summed E-state index contributed by atoms with van der Waals surface area (Å²) in [5.41, 5.74) is 4.78. The predicted molar refractivity (Wildman–Crippen MR) is 119 cm³/mol. The van der Waals surface area contributed by atoms with E-state index in [1.807, 2.05) is 0 Å². The average Bonchev–Trinajstić information content (AvgIpc) is 2.83. The predicted octanol–water partition coefficient (Wildman–Crippen LogP) is 5.45. The van der Waals surface area contributed by atoms with Crippen molar-refractivity contribution in [3.05, 3.63) is 53.1 Å². The Morgan fingerprint density at radius 3 is 2.11 bits per heavy atom. The molecule has 1 atom stereocenters. The fourth-order valence-corrected chi connectivity index (χ4v) is 18.8. The van der Waals surface area contributed by atoms with Gasteiger partial charge in [-0.05, 0) is 0 Å². The molecule has 0 spiro atoms. The van der Waals surface area contributed by atoms with Gasteiger partial charge in [0.05, 0.1) is 0 Å². The maximum atomic E-state index is 3.00. The van der Waals surface area contributed by atoms with E-state index >= 15 is 0 Å². The minimum atomic E-state index is -1.48. The Kier molecular flexibility index (Phi) is 7.41. The molecule has 1 unspecified atom stereocenters. The van der Waals surface area contributed by atoms with E-state index in [-0.39, 0.29) is 7.39 Å². The monoisotopic (exact) mass is 416 g/mol. The van der Waals surface area contributed by atoms with Gasteiger partial charge < -0.3 is 0 Å². The van der Waals surface area contributed by atoms with Crippen molar-refractivity contribution in [2.24, 2.45) is 0 Å². The Labute approximate surface area is 175 Å². The van der Waals surface area contributed by atoms with Gasteiger partial charge in [0.1, 0.15) is 0 Å². The molecule has 1 aromatic carbocycles. The van der Waals surface area contributed by atoms with Crippen LogP contribution in [-0.4, -0.2) is 23.9 Å². The summed E-state index contributed by atoms with van der Waals surface area (Å²) in [6.45, 7) is 9.70. The molecule has 0 heterocycles. The SMILES string of the molecule is CC1=C[C](C)([Ti]([SiH2]c2ccccc2)[N](C)C2CCCCCCC2)C(C)=C1C. The summed E-state index contributed by atoms with van der Waals surface area (Å²) < 4.78 is 3.35. The van der Waals surface area contributed by atoms with Crippen LogP contribution in [0.25, 0.3) is 0 Å². The molecule has 0 bridgehead atoms. The number of allylic oxidation sites excluding steroid dienone is 4. The summed E-state index contributed by atoms with van der Waals surface area (Å²) in [6.07, 6.45) is 12.8. The molecule has 2 aliphatic rings. The van der Waals surface area contributed by atoms with Crippen LogP contribution in [0.4, 0.5) is 0 Å². The molecule has 27 heavy (non-hydrogen) atoms.